The van der Waals surface area contributed by atoms with Crippen LogP contribution in [-0.4, -0.2) is 55.3 Å². The van der Waals surface area contributed by atoms with Crippen LogP contribution in [0, 0.1) is 17.8 Å². The average molecular weight is 485 g/mol. The van der Waals surface area contributed by atoms with Crippen LogP contribution >= 0.6 is 11.8 Å². The van der Waals surface area contributed by atoms with E-state index in [4.69, 9.17) is 4.98 Å². The second-order valence-electron chi connectivity index (χ2n) is 11.2. The maximum atomic E-state index is 13.5. The summed E-state index contributed by atoms with van der Waals surface area (Å²) in [6.07, 6.45) is 11.0. The normalized spacial score (nSPS) is 37.3. The van der Waals surface area contributed by atoms with E-state index in [1.807, 2.05) is 0 Å². The Labute approximate surface area is 203 Å². The van der Waals surface area contributed by atoms with Crippen molar-refractivity contribution in [1.29, 1.82) is 0 Å². The van der Waals surface area contributed by atoms with Crippen LogP contribution in [0.3, 0.4) is 0 Å². The Kier molecular flexibility index (Phi) is 5.67. The molecule has 2 heterocycles. The average Bonchev–Trinajstić information content (AvgIpc) is 3.33. The highest BCUT2D eigenvalue weighted by Crippen LogP contribution is 2.55. The molecule has 0 spiro atoms. The van der Waals surface area contributed by atoms with Gasteiger partial charge < -0.3 is 15.7 Å². The third kappa shape index (κ3) is 4.04. The minimum Gasteiger partial charge on any atom is -0.390 e. The fraction of sp³-hybridized carbons (Fsp3) is 0.720. The van der Waals surface area contributed by atoms with E-state index in [0.717, 1.165) is 75.2 Å². The Morgan fingerprint density at radius 2 is 1.82 bits per heavy atom. The van der Waals surface area contributed by atoms with Gasteiger partial charge >= 0.3 is 0 Å². The molecule has 5 aliphatic carbocycles. The molecule has 3 unspecified atom stereocenters. The van der Waals surface area contributed by atoms with Crippen LogP contribution in [0.5, 0.6) is 0 Å². The summed E-state index contributed by atoms with van der Waals surface area (Å²) in [6, 6.07) is -0.509. The summed E-state index contributed by atoms with van der Waals surface area (Å²) < 4.78 is 0. The quantitative estimate of drug-likeness (QED) is 0.546. The van der Waals surface area contributed by atoms with Gasteiger partial charge in [0.25, 0.3) is 11.0 Å². The van der Waals surface area contributed by atoms with Gasteiger partial charge in [0.15, 0.2) is 0 Å². The van der Waals surface area contributed by atoms with Crippen molar-refractivity contribution in [3.63, 3.8) is 0 Å². The number of rotatable bonds is 5. The largest absolute Gasteiger partial charge is 0.390 e. The Morgan fingerprint density at radius 1 is 1.09 bits per heavy atom. The Hall–Kier alpha value is -2.00. The van der Waals surface area contributed by atoms with E-state index in [9.17, 15) is 19.5 Å². The van der Waals surface area contributed by atoms with E-state index in [1.54, 1.807) is 6.20 Å². The zero-order chi connectivity index (χ0) is 23.4. The number of anilines is 1. The summed E-state index contributed by atoms with van der Waals surface area (Å²) in [5.41, 5.74) is 0.741. The summed E-state index contributed by atoms with van der Waals surface area (Å²) >= 11 is 1.06. The lowest BCUT2D eigenvalue weighted by Gasteiger charge is -2.58. The molecule has 5 saturated carbocycles. The lowest BCUT2D eigenvalue weighted by atomic mass is 9.52. The number of hydrogen-bond acceptors (Lipinski definition) is 8. The molecule has 1 aliphatic heterocycles. The predicted molar refractivity (Wildman–Crippen MR) is 127 cm³/mol. The topological polar surface area (TPSA) is 121 Å². The van der Waals surface area contributed by atoms with E-state index in [1.165, 1.54) is 0 Å². The van der Waals surface area contributed by atoms with E-state index in [0.29, 0.717) is 41.4 Å². The Bertz CT molecular complexity index is 1010. The van der Waals surface area contributed by atoms with Crippen LogP contribution < -0.4 is 10.6 Å². The van der Waals surface area contributed by atoms with Crippen LogP contribution in [0.25, 0.3) is 0 Å². The van der Waals surface area contributed by atoms with Gasteiger partial charge in [0, 0.05) is 23.9 Å². The Balaban J connectivity index is 1.23. The first-order valence-corrected chi connectivity index (χ1v) is 13.7. The van der Waals surface area contributed by atoms with Crippen molar-refractivity contribution in [1.82, 2.24) is 15.3 Å². The number of carbonyl (C=O) groups is 3. The van der Waals surface area contributed by atoms with Crippen LogP contribution in [-0.2, 0) is 9.59 Å². The van der Waals surface area contributed by atoms with Gasteiger partial charge in [0.05, 0.1) is 22.9 Å². The highest BCUT2D eigenvalue weighted by atomic mass is 32.2. The van der Waals surface area contributed by atoms with E-state index < -0.39 is 22.5 Å². The van der Waals surface area contributed by atoms with Crippen LogP contribution in [0.2, 0.25) is 0 Å². The summed E-state index contributed by atoms with van der Waals surface area (Å²) in [5.74, 6) is 1.81. The molecule has 0 aromatic carbocycles. The molecule has 1 aromatic rings. The molecule has 8 nitrogen and oxygen atoms in total. The van der Waals surface area contributed by atoms with Gasteiger partial charge in [-0.2, -0.15) is 0 Å². The molecule has 6 aliphatic rings. The summed E-state index contributed by atoms with van der Waals surface area (Å²) in [7, 11) is 0. The number of carbonyl (C=O) groups excluding carboxylic acids is 3. The van der Waals surface area contributed by atoms with Crippen LogP contribution in [0.1, 0.15) is 86.2 Å². The monoisotopic (exact) mass is 484 g/mol. The number of amides is 1. The number of nitrogens with one attached hydrogen (secondary N) is 2. The first kappa shape index (κ1) is 22.5. The third-order valence-electron chi connectivity index (χ3n) is 8.80. The molecular formula is C25H32N4O4S. The van der Waals surface area contributed by atoms with E-state index >= 15 is 0 Å². The van der Waals surface area contributed by atoms with Crippen molar-refractivity contribution >= 4 is 34.5 Å². The van der Waals surface area contributed by atoms with E-state index in [2.05, 4.69) is 15.6 Å². The highest BCUT2D eigenvalue weighted by molar-refractivity contribution is 8.15. The highest BCUT2D eigenvalue weighted by Gasteiger charge is 2.55. The molecule has 3 atom stereocenters. The first-order valence-electron chi connectivity index (χ1n) is 12.8. The minimum atomic E-state index is -0.608. The van der Waals surface area contributed by atoms with Crippen molar-refractivity contribution in [3.05, 3.63) is 17.5 Å². The molecule has 182 valence electrons. The van der Waals surface area contributed by atoms with Crippen molar-refractivity contribution in [3.8, 4) is 0 Å². The molecule has 7 rings (SSSR count). The number of hydrogen-bond donors (Lipinski definition) is 3. The number of nitrogens with zero attached hydrogens (tertiary/aromatic N) is 2. The van der Waals surface area contributed by atoms with E-state index in [-0.39, 0.29) is 17.9 Å². The fourth-order valence-electron chi connectivity index (χ4n) is 7.50. The molecule has 34 heavy (non-hydrogen) atoms. The molecule has 1 saturated heterocycles. The summed E-state index contributed by atoms with van der Waals surface area (Å²) in [6.45, 7) is 0. The van der Waals surface area contributed by atoms with Crippen LogP contribution in [0.4, 0.5) is 5.95 Å². The Morgan fingerprint density at radius 3 is 2.53 bits per heavy atom. The molecule has 4 bridgehead atoms. The number of Topliss-reactive ketones (excluding diaryl/α,β-unsaturated/α-hetero) is 1. The first-order chi connectivity index (χ1) is 16.4. The minimum absolute atomic E-state index is 0.0990. The predicted octanol–water partition coefficient (Wildman–Crippen LogP) is 2.82. The summed E-state index contributed by atoms with van der Waals surface area (Å²) in [5, 5.41) is 16.8. The van der Waals surface area contributed by atoms with Crippen molar-refractivity contribution in [2.24, 2.45) is 17.8 Å². The van der Waals surface area contributed by atoms with Gasteiger partial charge in [0.1, 0.15) is 0 Å². The molecule has 3 N–H and O–H groups in total. The molecule has 0 radical (unpaired) electrons. The number of ketones is 1. The van der Waals surface area contributed by atoms with Crippen molar-refractivity contribution in [2.75, 3.05) is 11.1 Å². The SMILES string of the molecule is O=C1SCCC(Nc2ncc(C(=O)N[C@H]3C4CC5CC3C[C@@](O)(C5)C4)c(C3CCCC3)n2)C1=O. The van der Waals surface area contributed by atoms with Gasteiger partial charge in [-0.1, -0.05) is 24.6 Å². The van der Waals surface area contributed by atoms with Gasteiger partial charge in [-0.3, -0.25) is 14.4 Å². The maximum Gasteiger partial charge on any atom is 0.257 e. The molecule has 6 fully saturated rings. The zero-order valence-electron chi connectivity index (χ0n) is 19.3. The molecule has 9 heteroatoms. The maximum absolute atomic E-state index is 13.5. The van der Waals surface area contributed by atoms with Crippen LogP contribution in [0.15, 0.2) is 6.20 Å². The standard InChI is InChI=1S/C25H32N4O4S/c30-21-18(5-6-34-23(21)32)27-24-26-12-17(20(29-24)14-3-1-2-4-14)22(31)28-19-15-7-13-8-16(19)11-25(33,9-13)10-15/h12-16,18-19,33H,1-11H2,(H,28,31)(H,26,27,29)/t13?,15?,16?,18?,19-,25+. The number of aromatic nitrogens is 2. The fourth-order valence-corrected chi connectivity index (χ4v) is 8.33. The van der Waals surface area contributed by atoms with Gasteiger partial charge in [0.2, 0.25) is 11.7 Å². The summed E-state index contributed by atoms with van der Waals surface area (Å²) in [4.78, 5) is 46.7. The van der Waals surface area contributed by atoms with Gasteiger partial charge in [-0.05, 0) is 69.1 Å². The second-order valence-corrected chi connectivity index (χ2v) is 12.2. The second kappa shape index (κ2) is 8.59. The number of aliphatic hydroxyl groups is 1. The lowest BCUT2D eigenvalue weighted by molar-refractivity contribution is -0.136. The van der Waals surface area contributed by atoms with Gasteiger partial charge in [-0.15, -0.1) is 0 Å². The molecule has 1 aromatic heterocycles. The molecule has 1 amide bonds. The molecular weight excluding hydrogens is 452 g/mol. The van der Waals surface area contributed by atoms with Gasteiger partial charge in [-0.25, -0.2) is 9.97 Å². The number of thioether (sulfide) groups is 1. The zero-order valence-corrected chi connectivity index (χ0v) is 20.1. The lowest BCUT2D eigenvalue weighted by Crippen LogP contribution is -2.61. The third-order valence-corrected chi connectivity index (χ3v) is 9.71. The van der Waals surface area contributed by atoms with Crippen molar-refractivity contribution in [2.45, 2.75) is 87.8 Å². The smallest absolute Gasteiger partial charge is 0.257 e. The van der Waals surface area contributed by atoms with Crippen molar-refractivity contribution < 1.29 is 19.5 Å².